The first-order chi connectivity index (χ1) is 7.27. The predicted octanol–water partition coefficient (Wildman–Crippen LogP) is 1.78. The predicted molar refractivity (Wildman–Crippen MR) is 64.1 cm³/mol. The zero-order chi connectivity index (χ0) is 11.1. The number of terminal acetylenes is 1. The van der Waals surface area contributed by atoms with E-state index < -0.39 is 0 Å². The molecule has 0 saturated heterocycles. The van der Waals surface area contributed by atoms with Crippen LogP contribution in [0.1, 0.15) is 24.0 Å². The van der Waals surface area contributed by atoms with Crippen molar-refractivity contribution < 1.29 is 0 Å². The summed E-state index contributed by atoms with van der Waals surface area (Å²) in [6.45, 7) is 2.12. The summed E-state index contributed by atoms with van der Waals surface area (Å²) in [5.74, 6) is 8.13. The van der Waals surface area contributed by atoms with E-state index in [2.05, 4.69) is 36.5 Å². The van der Waals surface area contributed by atoms with Gasteiger partial charge in [0.25, 0.3) is 0 Å². The van der Waals surface area contributed by atoms with Crippen molar-refractivity contribution in [2.45, 2.75) is 32.2 Å². The van der Waals surface area contributed by atoms with Gasteiger partial charge in [0.15, 0.2) is 0 Å². The molecule has 2 nitrogen and oxygen atoms in total. The Morgan fingerprint density at radius 2 is 2.20 bits per heavy atom. The Balaban J connectivity index is 2.59. The summed E-state index contributed by atoms with van der Waals surface area (Å²) in [5, 5.41) is 0. The van der Waals surface area contributed by atoms with Crippen molar-refractivity contribution in [2.75, 3.05) is 0 Å². The molecular formula is C13H18N2. The Morgan fingerprint density at radius 1 is 1.47 bits per heavy atom. The minimum Gasteiger partial charge on any atom is -0.271 e. The van der Waals surface area contributed by atoms with E-state index in [4.69, 9.17) is 12.3 Å². The van der Waals surface area contributed by atoms with Crippen LogP contribution in [0.3, 0.4) is 0 Å². The number of nitrogens with two attached hydrogens (primary N) is 1. The van der Waals surface area contributed by atoms with Crippen LogP contribution in [0, 0.1) is 19.3 Å². The van der Waals surface area contributed by atoms with Crippen LogP contribution in [0.5, 0.6) is 0 Å². The molecule has 0 fully saturated rings. The first-order valence-electron chi connectivity index (χ1n) is 5.22. The fourth-order valence-electron chi connectivity index (χ4n) is 1.61. The molecule has 0 radical (unpaired) electrons. The van der Waals surface area contributed by atoms with Crippen molar-refractivity contribution in [3.8, 4) is 12.3 Å². The Morgan fingerprint density at radius 3 is 2.80 bits per heavy atom. The lowest BCUT2D eigenvalue weighted by Gasteiger charge is -2.15. The fourth-order valence-corrected chi connectivity index (χ4v) is 1.61. The molecule has 1 aromatic carbocycles. The van der Waals surface area contributed by atoms with Crippen molar-refractivity contribution in [3.63, 3.8) is 0 Å². The lowest BCUT2D eigenvalue weighted by atomic mass is 9.99. The molecule has 1 aromatic rings. The SMILES string of the molecule is C#CCCC(Cc1ccccc1C)NN. The minimum absolute atomic E-state index is 0.266. The van der Waals surface area contributed by atoms with Crippen LogP contribution in [0.2, 0.25) is 0 Å². The van der Waals surface area contributed by atoms with Gasteiger partial charge in [0.1, 0.15) is 0 Å². The van der Waals surface area contributed by atoms with E-state index in [1.165, 1.54) is 11.1 Å². The van der Waals surface area contributed by atoms with Crippen molar-refractivity contribution in [2.24, 2.45) is 5.84 Å². The highest BCUT2D eigenvalue weighted by Gasteiger charge is 2.07. The van der Waals surface area contributed by atoms with Crippen LogP contribution in [-0.2, 0) is 6.42 Å². The van der Waals surface area contributed by atoms with Crippen LogP contribution < -0.4 is 11.3 Å². The zero-order valence-electron chi connectivity index (χ0n) is 9.16. The number of hydrazine groups is 1. The van der Waals surface area contributed by atoms with Gasteiger partial charge in [-0.05, 0) is 30.9 Å². The topological polar surface area (TPSA) is 38.0 Å². The van der Waals surface area contributed by atoms with Gasteiger partial charge in [0, 0.05) is 12.5 Å². The molecule has 0 aliphatic rings. The normalized spacial score (nSPS) is 12.1. The van der Waals surface area contributed by atoms with Crippen LogP contribution in [0.4, 0.5) is 0 Å². The van der Waals surface area contributed by atoms with E-state index >= 15 is 0 Å². The Kier molecular flexibility index (Phi) is 4.89. The molecule has 1 rings (SSSR count). The smallest absolute Gasteiger partial charge is 0.0260 e. The third-order valence-electron chi connectivity index (χ3n) is 2.60. The highest BCUT2D eigenvalue weighted by molar-refractivity contribution is 5.26. The van der Waals surface area contributed by atoms with E-state index in [1.807, 2.05) is 6.07 Å². The van der Waals surface area contributed by atoms with Crippen LogP contribution in [0.25, 0.3) is 0 Å². The van der Waals surface area contributed by atoms with E-state index in [1.54, 1.807) is 0 Å². The zero-order valence-corrected chi connectivity index (χ0v) is 9.16. The number of aryl methyl sites for hydroxylation is 1. The maximum atomic E-state index is 5.49. The number of nitrogens with one attached hydrogen (secondary N) is 1. The molecule has 1 atom stereocenters. The third kappa shape index (κ3) is 3.75. The first kappa shape index (κ1) is 11.8. The molecule has 0 saturated carbocycles. The molecule has 0 spiro atoms. The Hall–Kier alpha value is -1.30. The summed E-state index contributed by atoms with van der Waals surface area (Å²) < 4.78 is 0. The molecule has 15 heavy (non-hydrogen) atoms. The van der Waals surface area contributed by atoms with Crippen molar-refractivity contribution in [3.05, 3.63) is 35.4 Å². The molecule has 80 valence electrons. The standard InChI is InChI=1S/C13H18N2/c1-3-4-9-13(15-14)10-12-8-6-5-7-11(12)2/h1,5-8,13,15H,4,9-10,14H2,2H3. The van der Waals surface area contributed by atoms with Gasteiger partial charge in [0.05, 0.1) is 0 Å². The largest absolute Gasteiger partial charge is 0.271 e. The average Bonchev–Trinajstić information content (AvgIpc) is 2.26. The van der Waals surface area contributed by atoms with Crippen LogP contribution in [0.15, 0.2) is 24.3 Å². The first-order valence-corrected chi connectivity index (χ1v) is 5.22. The highest BCUT2D eigenvalue weighted by atomic mass is 15.2. The summed E-state index contributed by atoms with van der Waals surface area (Å²) in [4.78, 5) is 0. The van der Waals surface area contributed by atoms with Gasteiger partial charge in [-0.15, -0.1) is 12.3 Å². The summed E-state index contributed by atoms with van der Waals surface area (Å²) in [6.07, 6.45) is 7.85. The van der Waals surface area contributed by atoms with Crippen molar-refractivity contribution in [1.82, 2.24) is 5.43 Å². The number of hydrogen-bond acceptors (Lipinski definition) is 2. The summed E-state index contributed by atoms with van der Waals surface area (Å²) >= 11 is 0. The third-order valence-corrected chi connectivity index (χ3v) is 2.60. The summed E-state index contributed by atoms with van der Waals surface area (Å²) in [5.41, 5.74) is 5.45. The van der Waals surface area contributed by atoms with Gasteiger partial charge in [0.2, 0.25) is 0 Å². The molecular weight excluding hydrogens is 184 g/mol. The molecule has 1 unspecified atom stereocenters. The molecule has 2 heteroatoms. The summed E-state index contributed by atoms with van der Waals surface area (Å²) in [6, 6.07) is 8.61. The molecule has 0 aliphatic heterocycles. The van der Waals surface area contributed by atoms with Crippen LogP contribution >= 0.6 is 0 Å². The van der Waals surface area contributed by atoms with E-state index in [-0.39, 0.29) is 6.04 Å². The maximum Gasteiger partial charge on any atom is 0.0260 e. The molecule has 3 N–H and O–H groups in total. The van der Waals surface area contributed by atoms with Gasteiger partial charge in [-0.2, -0.15) is 0 Å². The van der Waals surface area contributed by atoms with E-state index in [0.29, 0.717) is 0 Å². The number of hydrogen-bond donors (Lipinski definition) is 2. The van der Waals surface area contributed by atoms with Crippen LogP contribution in [-0.4, -0.2) is 6.04 Å². The monoisotopic (exact) mass is 202 g/mol. The van der Waals surface area contributed by atoms with Gasteiger partial charge in [-0.25, -0.2) is 0 Å². The molecule has 0 amide bonds. The lowest BCUT2D eigenvalue weighted by Crippen LogP contribution is -2.36. The molecule has 0 heterocycles. The second-order valence-corrected chi connectivity index (χ2v) is 3.74. The lowest BCUT2D eigenvalue weighted by molar-refractivity contribution is 0.497. The molecule has 0 bridgehead atoms. The molecule has 0 aromatic heterocycles. The quantitative estimate of drug-likeness (QED) is 0.434. The van der Waals surface area contributed by atoms with Crippen molar-refractivity contribution >= 4 is 0 Å². The number of benzene rings is 1. The Bertz CT molecular complexity index is 339. The average molecular weight is 202 g/mol. The van der Waals surface area contributed by atoms with E-state index in [0.717, 1.165) is 19.3 Å². The molecule has 0 aliphatic carbocycles. The summed E-state index contributed by atoms with van der Waals surface area (Å²) in [7, 11) is 0. The Labute approximate surface area is 91.8 Å². The van der Waals surface area contributed by atoms with E-state index in [9.17, 15) is 0 Å². The maximum absolute atomic E-state index is 5.49. The minimum atomic E-state index is 0.266. The van der Waals surface area contributed by atoms with Gasteiger partial charge >= 0.3 is 0 Å². The van der Waals surface area contributed by atoms with Gasteiger partial charge in [-0.3, -0.25) is 11.3 Å². The van der Waals surface area contributed by atoms with Gasteiger partial charge in [-0.1, -0.05) is 24.3 Å². The second-order valence-electron chi connectivity index (χ2n) is 3.74. The highest BCUT2D eigenvalue weighted by Crippen LogP contribution is 2.11. The van der Waals surface area contributed by atoms with Crippen molar-refractivity contribution in [1.29, 1.82) is 0 Å². The van der Waals surface area contributed by atoms with Gasteiger partial charge < -0.3 is 0 Å². The fraction of sp³-hybridized carbons (Fsp3) is 0.385. The number of rotatable bonds is 5. The second kappa shape index (κ2) is 6.23.